The Kier molecular flexibility index (Phi) is 5.29. The van der Waals surface area contributed by atoms with Crippen LogP contribution in [-0.2, 0) is 6.42 Å². The zero-order chi connectivity index (χ0) is 25.2. The Morgan fingerprint density at radius 2 is 1.89 bits per heavy atom. The van der Waals surface area contributed by atoms with Gasteiger partial charge < -0.3 is 10.8 Å². The first kappa shape index (κ1) is 23.2. The highest BCUT2D eigenvalue weighted by atomic mass is 19.3. The molecule has 3 N–H and O–H groups in total. The smallest absolute Gasteiger partial charge is 0.281 e. The number of nitriles is 1. The molecule has 10 heteroatoms. The van der Waals surface area contributed by atoms with Crippen LogP contribution in [0.1, 0.15) is 63.8 Å². The lowest BCUT2D eigenvalue weighted by Gasteiger charge is -2.33. The fourth-order valence-electron chi connectivity index (χ4n) is 5.28. The molecule has 180 valence electrons. The summed E-state index contributed by atoms with van der Waals surface area (Å²) in [5.74, 6) is -5.03. The van der Waals surface area contributed by atoms with Crippen LogP contribution in [0.5, 0.6) is 0 Å². The number of benzene rings is 2. The number of alkyl halides is 4. The van der Waals surface area contributed by atoms with Crippen LogP contribution in [0, 0.1) is 24.1 Å². The number of aryl methyl sites for hydroxylation is 1. The fourth-order valence-corrected chi connectivity index (χ4v) is 5.28. The molecule has 0 bridgehead atoms. The maximum Gasteiger partial charge on any atom is 0.281 e. The molecule has 2 aliphatic carbocycles. The molecule has 4 atom stereocenters. The summed E-state index contributed by atoms with van der Waals surface area (Å²) >= 11 is 0. The molecule has 0 radical (unpaired) electrons. The van der Waals surface area contributed by atoms with Gasteiger partial charge in [-0.2, -0.15) is 5.26 Å². The Labute approximate surface area is 197 Å². The van der Waals surface area contributed by atoms with Crippen molar-refractivity contribution < 1.29 is 27.1 Å². The second-order valence-electron chi connectivity index (χ2n) is 8.93. The maximum atomic E-state index is 14.8. The summed E-state index contributed by atoms with van der Waals surface area (Å²) in [5.41, 5.74) is 6.16. The van der Waals surface area contributed by atoms with E-state index in [1.807, 2.05) is 6.07 Å². The van der Waals surface area contributed by atoms with E-state index in [-0.39, 0.29) is 50.3 Å². The highest BCUT2D eigenvalue weighted by Gasteiger charge is 2.50. The average molecular weight is 486 g/mol. The van der Waals surface area contributed by atoms with Crippen molar-refractivity contribution in [3.63, 3.8) is 0 Å². The first-order valence-electron chi connectivity index (χ1n) is 10.9. The molecule has 0 saturated heterocycles. The summed E-state index contributed by atoms with van der Waals surface area (Å²) in [6, 6.07) is 6.50. The SMILES string of the molecule is Cc1ncc(-c2ccc([C@H]3C[C@H](F)[C@H](F)c4cc(F)cc(C#N)c43)c3c2[C@H](O)C(F)(F)C3)c(N)n1. The van der Waals surface area contributed by atoms with Gasteiger partial charge in [0, 0.05) is 24.1 Å². The van der Waals surface area contributed by atoms with Crippen LogP contribution < -0.4 is 5.73 Å². The van der Waals surface area contributed by atoms with Gasteiger partial charge in [-0.3, -0.25) is 0 Å². The van der Waals surface area contributed by atoms with Crippen molar-refractivity contribution in [2.75, 3.05) is 5.73 Å². The molecule has 2 aliphatic rings. The molecular formula is C25H19F5N4O. The van der Waals surface area contributed by atoms with E-state index < -0.39 is 48.9 Å². The molecule has 0 saturated carbocycles. The summed E-state index contributed by atoms with van der Waals surface area (Å²) in [6.45, 7) is 1.61. The highest BCUT2D eigenvalue weighted by Crippen LogP contribution is 2.53. The third kappa shape index (κ3) is 3.53. The molecule has 2 aromatic carbocycles. The second kappa shape index (κ2) is 7.99. The van der Waals surface area contributed by atoms with Gasteiger partial charge in [-0.15, -0.1) is 0 Å². The highest BCUT2D eigenvalue weighted by molar-refractivity contribution is 5.78. The molecular weight excluding hydrogens is 467 g/mol. The third-order valence-corrected chi connectivity index (χ3v) is 6.80. The molecule has 1 aromatic heterocycles. The Morgan fingerprint density at radius 1 is 1.14 bits per heavy atom. The minimum absolute atomic E-state index is 0.0317. The van der Waals surface area contributed by atoms with Gasteiger partial charge in [0.05, 0.1) is 11.6 Å². The minimum Gasteiger partial charge on any atom is -0.383 e. The summed E-state index contributed by atoms with van der Waals surface area (Å²) in [6.07, 6.45) is -6.30. The van der Waals surface area contributed by atoms with Gasteiger partial charge in [-0.25, -0.2) is 31.9 Å². The van der Waals surface area contributed by atoms with E-state index in [1.165, 1.54) is 18.3 Å². The molecule has 0 unspecified atom stereocenters. The van der Waals surface area contributed by atoms with Crippen molar-refractivity contribution in [1.82, 2.24) is 9.97 Å². The summed E-state index contributed by atoms with van der Waals surface area (Å²) in [5, 5.41) is 20.2. The fraction of sp³-hybridized carbons (Fsp3) is 0.320. The number of nitrogens with zero attached hydrogens (tertiary/aromatic N) is 3. The lowest BCUT2D eigenvalue weighted by atomic mass is 9.73. The number of nitrogen functional groups attached to an aromatic ring is 1. The number of anilines is 1. The van der Waals surface area contributed by atoms with Crippen molar-refractivity contribution >= 4 is 5.82 Å². The first-order chi connectivity index (χ1) is 16.5. The van der Waals surface area contributed by atoms with Gasteiger partial charge >= 0.3 is 0 Å². The van der Waals surface area contributed by atoms with E-state index in [4.69, 9.17) is 5.73 Å². The van der Waals surface area contributed by atoms with Crippen molar-refractivity contribution in [1.29, 1.82) is 5.26 Å². The maximum absolute atomic E-state index is 14.8. The van der Waals surface area contributed by atoms with Crippen LogP contribution in [0.15, 0.2) is 30.5 Å². The van der Waals surface area contributed by atoms with Crippen LogP contribution in [0.25, 0.3) is 11.1 Å². The van der Waals surface area contributed by atoms with Gasteiger partial charge in [0.2, 0.25) is 0 Å². The topological polar surface area (TPSA) is 95.8 Å². The number of fused-ring (bicyclic) bond motifs is 2. The zero-order valence-corrected chi connectivity index (χ0v) is 18.4. The van der Waals surface area contributed by atoms with Crippen LogP contribution in [0.2, 0.25) is 0 Å². The first-order valence-corrected chi connectivity index (χ1v) is 10.9. The van der Waals surface area contributed by atoms with E-state index in [9.17, 15) is 32.3 Å². The van der Waals surface area contributed by atoms with E-state index in [0.717, 1.165) is 12.1 Å². The van der Waals surface area contributed by atoms with Crippen LogP contribution in [0.4, 0.5) is 27.8 Å². The molecule has 5 rings (SSSR count). The molecule has 0 spiro atoms. The number of aliphatic hydroxyl groups excluding tert-OH is 1. The molecule has 3 aromatic rings. The lowest BCUT2D eigenvalue weighted by molar-refractivity contribution is -0.0966. The summed E-state index contributed by atoms with van der Waals surface area (Å²) in [4.78, 5) is 8.13. The Hall–Kier alpha value is -3.58. The summed E-state index contributed by atoms with van der Waals surface area (Å²) < 4.78 is 73.2. The minimum atomic E-state index is -3.54. The lowest BCUT2D eigenvalue weighted by Crippen LogP contribution is -2.25. The van der Waals surface area contributed by atoms with E-state index in [0.29, 0.717) is 5.82 Å². The number of hydrogen-bond acceptors (Lipinski definition) is 5. The Bertz CT molecular complexity index is 1400. The van der Waals surface area contributed by atoms with Crippen molar-refractivity contribution in [3.8, 4) is 17.2 Å². The number of aromatic nitrogens is 2. The number of halogens is 5. The number of rotatable bonds is 2. The predicted molar refractivity (Wildman–Crippen MR) is 117 cm³/mol. The summed E-state index contributed by atoms with van der Waals surface area (Å²) in [7, 11) is 0. The van der Waals surface area contributed by atoms with Gasteiger partial charge in [0.15, 0.2) is 6.17 Å². The van der Waals surface area contributed by atoms with Crippen molar-refractivity contribution in [2.45, 2.75) is 50.1 Å². The van der Waals surface area contributed by atoms with Gasteiger partial charge in [0.25, 0.3) is 5.92 Å². The number of hydrogen-bond donors (Lipinski definition) is 2. The van der Waals surface area contributed by atoms with Crippen molar-refractivity contribution in [2.24, 2.45) is 0 Å². The molecule has 0 aliphatic heterocycles. The van der Waals surface area contributed by atoms with Crippen LogP contribution >= 0.6 is 0 Å². The average Bonchev–Trinajstić information content (AvgIpc) is 3.04. The largest absolute Gasteiger partial charge is 0.383 e. The van der Waals surface area contributed by atoms with Gasteiger partial charge in [-0.05, 0) is 58.9 Å². The van der Waals surface area contributed by atoms with Gasteiger partial charge in [-0.1, -0.05) is 12.1 Å². The number of aliphatic hydroxyl groups is 1. The standard InChI is InChI=1S/C25H19F5N4O/c1-10-33-9-18(24(32)34-10)14-3-2-13(17-7-25(29,30)23(35)21(14)17)15-6-19(27)22(28)16-5-12(26)4-11(8-31)20(15)16/h2-5,9,15,19,22-23,35H,6-7H2,1H3,(H2,32,33,34)/t15-,19+,22-,23+/m1/s1. The molecule has 0 fully saturated rings. The van der Waals surface area contributed by atoms with E-state index >= 15 is 0 Å². The molecule has 35 heavy (non-hydrogen) atoms. The third-order valence-electron chi connectivity index (χ3n) is 6.80. The quantitative estimate of drug-likeness (QED) is 0.489. The van der Waals surface area contributed by atoms with Gasteiger partial charge in [0.1, 0.15) is 29.7 Å². The monoisotopic (exact) mass is 486 g/mol. The van der Waals surface area contributed by atoms with E-state index in [2.05, 4.69) is 9.97 Å². The Morgan fingerprint density at radius 3 is 2.57 bits per heavy atom. The molecule has 1 heterocycles. The molecule has 0 amide bonds. The number of nitrogens with two attached hydrogens (primary N) is 1. The second-order valence-corrected chi connectivity index (χ2v) is 8.93. The predicted octanol–water partition coefficient (Wildman–Crippen LogP) is 5.15. The van der Waals surface area contributed by atoms with E-state index in [1.54, 1.807) is 6.92 Å². The van der Waals surface area contributed by atoms with Crippen LogP contribution in [-0.4, -0.2) is 27.2 Å². The molecule has 5 nitrogen and oxygen atoms in total. The van der Waals surface area contributed by atoms with Crippen LogP contribution in [0.3, 0.4) is 0 Å². The Balaban J connectivity index is 1.77. The normalized spacial score (nSPS) is 24.5. The zero-order valence-electron chi connectivity index (χ0n) is 18.4. The van der Waals surface area contributed by atoms with Crippen molar-refractivity contribution in [3.05, 3.63) is 75.5 Å².